The number of hydrogen-bond donors (Lipinski definition) is 3. The monoisotopic (exact) mass is 320 g/mol. The third-order valence-electron chi connectivity index (χ3n) is 3.61. The SMILES string of the molecule is CN(Cc1ccc2[nH]ccc2n1)c1nccc(Nc2ccn[nH]2)n1. The molecular weight excluding hydrogens is 304 g/mol. The van der Waals surface area contributed by atoms with Crippen molar-refractivity contribution in [1.29, 1.82) is 0 Å². The number of pyridine rings is 1. The summed E-state index contributed by atoms with van der Waals surface area (Å²) in [4.78, 5) is 18.6. The minimum Gasteiger partial charge on any atom is -0.360 e. The summed E-state index contributed by atoms with van der Waals surface area (Å²) < 4.78 is 0. The van der Waals surface area contributed by atoms with Crippen LogP contribution in [-0.4, -0.2) is 37.2 Å². The zero-order valence-corrected chi connectivity index (χ0v) is 13.1. The van der Waals surface area contributed by atoms with Crippen LogP contribution >= 0.6 is 0 Å². The minimum absolute atomic E-state index is 0.620. The molecule has 0 fully saturated rings. The fourth-order valence-corrected chi connectivity index (χ4v) is 2.44. The highest BCUT2D eigenvalue weighted by atomic mass is 15.3. The largest absolute Gasteiger partial charge is 0.360 e. The lowest BCUT2D eigenvalue weighted by Gasteiger charge is -2.17. The lowest BCUT2D eigenvalue weighted by molar-refractivity contribution is 0.846. The molecular formula is C16H16N8. The number of H-pyrrole nitrogens is 2. The third-order valence-corrected chi connectivity index (χ3v) is 3.61. The molecule has 4 rings (SSSR count). The van der Waals surface area contributed by atoms with Gasteiger partial charge in [0.05, 0.1) is 29.5 Å². The van der Waals surface area contributed by atoms with E-state index >= 15 is 0 Å². The Bertz CT molecular complexity index is 944. The van der Waals surface area contributed by atoms with Crippen LogP contribution in [0.4, 0.5) is 17.6 Å². The molecule has 0 atom stereocenters. The Kier molecular flexibility index (Phi) is 3.54. The summed E-state index contributed by atoms with van der Waals surface area (Å²) in [5.74, 6) is 2.10. The van der Waals surface area contributed by atoms with E-state index in [9.17, 15) is 0 Å². The summed E-state index contributed by atoms with van der Waals surface area (Å²) in [5, 5.41) is 9.89. The highest BCUT2D eigenvalue weighted by molar-refractivity contribution is 5.74. The molecule has 0 aromatic carbocycles. The van der Waals surface area contributed by atoms with Crippen molar-refractivity contribution in [1.82, 2.24) is 30.1 Å². The van der Waals surface area contributed by atoms with Crippen molar-refractivity contribution in [2.24, 2.45) is 0 Å². The van der Waals surface area contributed by atoms with E-state index < -0.39 is 0 Å². The van der Waals surface area contributed by atoms with Crippen LogP contribution in [0.25, 0.3) is 11.0 Å². The molecule has 4 aromatic rings. The summed E-state index contributed by atoms with van der Waals surface area (Å²) in [5.41, 5.74) is 2.94. The van der Waals surface area contributed by atoms with Crippen LogP contribution in [0.15, 0.2) is 48.9 Å². The molecule has 0 aliphatic heterocycles. The molecule has 0 amide bonds. The van der Waals surface area contributed by atoms with Crippen molar-refractivity contribution in [3.63, 3.8) is 0 Å². The standard InChI is InChI=1S/C16H16N8/c1-24(10-11-2-3-12-13(20-11)4-7-17-12)16-18-8-5-14(22-16)21-15-6-9-19-23-15/h2-9,17H,10H2,1H3,(H2,18,19,21,22,23). The van der Waals surface area contributed by atoms with E-state index in [0.29, 0.717) is 18.3 Å². The molecule has 8 nitrogen and oxygen atoms in total. The van der Waals surface area contributed by atoms with Crippen LogP contribution in [0.1, 0.15) is 5.69 Å². The topological polar surface area (TPSA) is 98.4 Å². The highest BCUT2D eigenvalue weighted by Crippen LogP contribution is 2.16. The van der Waals surface area contributed by atoms with Gasteiger partial charge in [-0.05, 0) is 24.3 Å². The Morgan fingerprint density at radius 1 is 1.08 bits per heavy atom. The van der Waals surface area contributed by atoms with Crippen LogP contribution in [0.3, 0.4) is 0 Å². The van der Waals surface area contributed by atoms with Crippen LogP contribution in [-0.2, 0) is 6.54 Å². The van der Waals surface area contributed by atoms with Crippen molar-refractivity contribution in [3.8, 4) is 0 Å². The fourth-order valence-electron chi connectivity index (χ4n) is 2.44. The second-order valence-corrected chi connectivity index (χ2v) is 5.41. The van der Waals surface area contributed by atoms with Crippen molar-refractivity contribution < 1.29 is 0 Å². The van der Waals surface area contributed by atoms with Gasteiger partial charge in [-0.25, -0.2) is 9.97 Å². The quantitative estimate of drug-likeness (QED) is 0.522. The Balaban J connectivity index is 1.52. The van der Waals surface area contributed by atoms with E-state index in [0.717, 1.165) is 22.5 Å². The normalized spacial score (nSPS) is 10.9. The average Bonchev–Trinajstić information content (AvgIpc) is 3.26. The lowest BCUT2D eigenvalue weighted by Crippen LogP contribution is -2.20. The van der Waals surface area contributed by atoms with E-state index in [1.807, 2.05) is 48.5 Å². The maximum absolute atomic E-state index is 4.63. The highest BCUT2D eigenvalue weighted by Gasteiger charge is 2.08. The number of aromatic amines is 2. The molecule has 120 valence electrons. The first-order valence-corrected chi connectivity index (χ1v) is 7.51. The molecule has 8 heteroatoms. The van der Waals surface area contributed by atoms with E-state index in [-0.39, 0.29) is 0 Å². The van der Waals surface area contributed by atoms with E-state index in [1.165, 1.54) is 0 Å². The van der Waals surface area contributed by atoms with Crippen LogP contribution < -0.4 is 10.2 Å². The number of nitrogens with zero attached hydrogens (tertiary/aromatic N) is 5. The van der Waals surface area contributed by atoms with Gasteiger partial charge in [0, 0.05) is 25.5 Å². The van der Waals surface area contributed by atoms with Crippen molar-refractivity contribution in [2.75, 3.05) is 17.3 Å². The zero-order chi connectivity index (χ0) is 16.4. The number of nitrogens with one attached hydrogen (secondary N) is 3. The first-order chi connectivity index (χ1) is 11.8. The second kappa shape index (κ2) is 5.99. The van der Waals surface area contributed by atoms with Gasteiger partial charge in [0.15, 0.2) is 0 Å². The Hall–Kier alpha value is -3.42. The predicted molar refractivity (Wildman–Crippen MR) is 92.1 cm³/mol. The molecule has 3 N–H and O–H groups in total. The van der Waals surface area contributed by atoms with Crippen molar-refractivity contribution in [3.05, 3.63) is 54.6 Å². The first-order valence-electron chi connectivity index (χ1n) is 7.51. The van der Waals surface area contributed by atoms with Gasteiger partial charge < -0.3 is 15.2 Å². The van der Waals surface area contributed by atoms with Crippen molar-refractivity contribution in [2.45, 2.75) is 6.54 Å². The molecule has 24 heavy (non-hydrogen) atoms. The Morgan fingerprint density at radius 3 is 2.92 bits per heavy atom. The molecule has 0 aliphatic rings. The molecule has 0 aliphatic carbocycles. The number of anilines is 3. The van der Waals surface area contributed by atoms with E-state index in [1.54, 1.807) is 12.4 Å². The summed E-state index contributed by atoms with van der Waals surface area (Å²) in [7, 11) is 1.94. The zero-order valence-electron chi connectivity index (χ0n) is 13.1. The maximum atomic E-state index is 4.63. The summed E-state index contributed by atoms with van der Waals surface area (Å²) >= 11 is 0. The maximum Gasteiger partial charge on any atom is 0.227 e. The fraction of sp³-hybridized carbons (Fsp3) is 0.125. The van der Waals surface area contributed by atoms with Gasteiger partial charge in [-0.3, -0.25) is 5.10 Å². The number of hydrogen-bond acceptors (Lipinski definition) is 6. The number of rotatable bonds is 5. The van der Waals surface area contributed by atoms with Crippen LogP contribution in [0.5, 0.6) is 0 Å². The second-order valence-electron chi connectivity index (χ2n) is 5.41. The number of aromatic nitrogens is 6. The molecule has 0 spiro atoms. The molecule has 0 saturated carbocycles. The Labute approximate surface area is 138 Å². The van der Waals surface area contributed by atoms with Gasteiger partial charge in [-0.2, -0.15) is 10.1 Å². The van der Waals surface area contributed by atoms with Gasteiger partial charge in [-0.1, -0.05) is 0 Å². The Morgan fingerprint density at radius 2 is 2.04 bits per heavy atom. The molecule has 0 radical (unpaired) electrons. The summed E-state index contributed by atoms with van der Waals surface area (Å²) in [6.45, 7) is 0.620. The van der Waals surface area contributed by atoms with Gasteiger partial charge in [0.1, 0.15) is 11.6 Å². The molecule has 0 unspecified atom stereocenters. The number of fused-ring (bicyclic) bond motifs is 1. The summed E-state index contributed by atoms with van der Waals surface area (Å²) in [6, 6.07) is 9.64. The van der Waals surface area contributed by atoms with E-state index in [2.05, 4.69) is 35.5 Å². The molecule has 0 saturated heterocycles. The van der Waals surface area contributed by atoms with Crippen LogP contribution in [0, 0.1) is 0 Å². The predicted octanol–water partition coefficient (Wildman–Crippen LogP) is 2.46. The van der Waals surface area contributed by atoms with Gasteiger partial charge in [0.25, 0.3) is 0 Å². The van der Waals surface area contributed by atoms with Gasteiger partial charge >= 0.3 is 0 Å². The smallest absolute Gasteiger partial charge is 0.227 e. The van der Waals surface area contributed by atoms with Crippen molar-refractivity contribution >= 4 is 28.6 Å². The minimum atomic E-state index is 0.620. The van der Waals surface area contributed by atoms with Crippen LogP contribution in [0.2, 0.25) is 0 Å². The third kappa shape index (κ3) is 2.89. The summed E-state index contributed by atoms with van der Waals surface area (Å²) in [6.07, 6.45) is 5.29. The molecule has 4 aromatic heterocycles. The average molecular weight is 320 g/mol. The van der Waals surface area contributed by atoms with Gasteiger partial charge in [-0.15, -0.1) is 0 Å². The first kappa shape index (κ1) is 14.2. The van der Waals surface area contributed by atoms with Gasteiger partial charge in [0.2, 0.25) is 5.95 Å². The molecule has 4 heterocycles. The van der Waals surface area contributed by atoms with E-state index in [4.69, 9.17) is 0 Å². The molecule has 0 bridgehead atoms. The lowest BCUT2D eigenvalue weighted by atomic mass is 10.3.